The Kier molecular flexibility index (Phi) is 28.4. The topological polar surface area (TPSA) is 270 Å². The summed E-state index contributed by atoms with van der Waals surface area (Å²) >= 11 is 6.17. The van der Waals surface area contributed by atoms with E-state index in [-0.39, 0.29) is 76.3 Å². The van der Waals surface area contributed by atoms with Crippen molar-refractivity contribution in [1.82, 2.24) is 60.0 Å². The molecule has 3 aliphatic carbocycles. The smallest absolute Gasteiger partial charge is 0.343 e. The summed E-state index contributed by atoms with van der Waals surface area (Å²) in [5, 5.41) is 8.27. The first-order chi connectivity index (χ1) is 48.7. The van der Waals surface area contributed by atoms with Crippen LogP contribution in [0.1, 0.15) is 206 Å². The molecule has 0 aromatic heterocycles. The number of rotatable bonds is 11. The number of carbonyl (C=O) groups excluding carboxylic acids is 12. The predicted molar refractivity (Wildman–Crippen MR) is 381 cm³/mol. The van der Waals surface area contributed by atoms with Crippen molar-refractivity contribution in [1.29, 1.82) is 0 Å². The van der Waals surface area contributed by atoms with Gasteiger partial charge in [0.2, 0.25) is 70.9 Å². The van der Waals surface area contributed by atoms with E-state index in [9.17, 15) is 27.6 Å². The molecule has 0 radical (unpaired) electrons. The Morgan fingerprint density at radius 2 is 1.19 bits per heavy atom. The molecule has 574 valence electrons. The number of carbonyl (C=O) groups is 12. The Morgan fingerprint density at radius 1 is 0.602 bits per heavy atom. The van der Waals surface area contributed by atoms with Crippen molar-refractivity contribution in [2.75, 3.05) is 75.0 Å². The van der Waals surface area contributed by atoms with Crippen molar-refractivity contribution in [3.8, 4) is 0 Å². The van der Waals surface area contributed by atoms with E-state index in [0.29, 0.717) is 57.2 Å². The molecule has 0 unspecified atom stereocenters. The molecule has 4 saturated heterocycles. The van der Waals surface area contributed by atoms with E-state index in [1.165, 1.54) is 82.7 Å². The molecule has 3 saturated carbocycles. The summed E-state index contributed by atoms with van der Waals surface area (Å²) in [6.07, 6.45) is 8.40. The van der Waals surface area contributed by atoms with Gasteiger partial charge >= 0.3 is 6.18 Å². The summed E-state index contributed by atoms with van der Waals surface area (Å²) in [6, 6.07) is -7.74. The normalized spacial score (nSPS) is 28.4. The minimum absolute atomic E-state index is 0.0230. The Labute approximate surface area is 611 Å². The van der Waals surface area contributed by atoms with Crippen LogP contribution < -0.4 is 16.0 Å². The van der Waals surface area contributed by atoms with Gasteiger partial charge in [-0.25, -0.2) is 0 Å². The number of nitrogens with zero attached hydrogens (tertiary/aromatic N) is 9. The van der Waals surface area contributed by atoms with Gasteiger partial charge in [0.25, 0.3) is 0 Å². The van der Waals surface area contributed by atoms with E-state index in [1.807, 2.05) is 6.92 Å². The van der Waals surface area contributed by atoms with Gasteiger partial charge in [-0.15, -0.1) is 0 Å². The summed E-state index contributed by atoms with van der Waals surface area (Å²) in [5.74, 6) is -8.48. The minimum atomic E-state index is -4.76. The molecular weight excluding hydrogens is 1350 g/mol. The van der Waals surface area contributed by atoms with Crippen LogP contribution in [0.25, 0.3) is 0 Å². The van der Waals surface area contributed by atoms with Crippen molar-refractivity contribution in [3.63, 3.8) is 0 Å². The summed E-state index contributed by atoms with van der Waals surface area (Å²) in [7, 11) is 8.73. The third-order valence-corrected chi connectivity index (χ3v) is 24.1. The number of nitrogens with one attached hydrogen (secondary N) is 3. The highest BCUT2D eigenvalue weighted by molar-refractivity contribution is 6.31. The van der Waals surface area contributed by atoms with Crippen molar-refractivity contribution in [2.24, 2.45) is 23.7 Å². The molecule has 1 aromatic rings. The molecule has 8 rings (SSSR count). The first-order valence-corrected chi connectivity index (χ1v) is 38.3. The van der Waals surface area contributed by atoms with Crippen LogP contribution in [-0.4, -0.2) is 250 Å². The zero-order chi connectivity index (χ0) is 75.5. The van der Waals surface area contributed by atoms with Gasteiger partial charge in [0.15, 0.2) is 0 Å². The third-order valence-electron chi connectivity index (χ3n) is 23.8. The van der Waals surface area contributed by atoms with Gasteiger partial charge in [0.05, 0.1) is 23.6 Å². The van der Waals surface area contributed by atoms with E-state index >= 15 is 43.2 Å². The highest BCUT2D eigenvalue weighted by Crippen LogP contribution is 2.38. The SMILES string of the molecule is CC[C@H](C)[C@@H]1NC(=O)[C@H](CC2CCCCC2)N(C)C(=O)C[C@@H](C(=O)N2CCCCC2)N(C)C(=O)[C@H](C(C)C)N(C)C(=O)C2(CCCC2)NC(=O)[C@@H]2CCCN2C(=O)[C@H](CCc2ccc(C(F)(F)F)c(Cl)c2)NC(=O)CN(C)C(=O)[C@H](CC2CCCCC2)N(C)C(=O)[C@@H]2CCN2C(=O)[C@H](C)N(C)C1=O. The summed E-state index contributed by atoms with van der Waals surface area (Å²) in [4.78, 5) is 193. The number of amides is 12. The van der Waals surface area contributed by atoms with Crippen LogP contribution in [-0.2, 0) is 70.1 Å². The molecule has 10 atom stereocenters. The van der Waals surface area contributed by atoms with E-state index < -0.39 is 172 Å². The quantitative estimate of drug-likeness (QED) is 0.203. The second-order valence-corrected chi connectivity index (χ2v) is 31.5. The average molecular weight is 1470 g/mol. The van der Waals surface area contributed by atoms with Crippen LogP contribution in [0, 0.1) is 23.7 Å². The Morgan fingerprint density at radius 3 is 1.76 bits per heavy atom. The lowest BCUT2D eigenvalue weighted by Gasteiger charge is -2.45. The molecule has 1 spiro atoms. The van der Waals surface area contributed by atoms with Crippen molar-refractivity contribution in [3.05, 3.63) is 34.3 Å². The van der Waals surface area contributed by atoms with Gasteiger partial charge in [0, 0.05) is 68.5 Å². The molecule has 24 nitrogen and oxygen atoms in total. The first kappa shape index (κ1) is 81.6. The van der Waals surface area contributed by atoms with Gasteiger partial charge in [-0.2, -0.15) is 13.2 Å². The molecule has 7 aliphatic rings. The number of halogens is 4. The lowest BCUT2D eigenvalue weighted by Crippen LogP contribution is -2.65. The van der Waals surface area contributed by atoms with E-state index in [2.05, 4.69) is 16.0 Å². The largest absolute Gasteiger partial charge is 0.417 e. The Hall–Kier alpha value is -7.06. The van der Waals surface area contributed by atoms with Crippen LogP contribution >= 0.6 is 11.6 Å². The number of piperidine rings is 1. The fraction of sp³-hybridized carbons (Fsp3) is 0.760. The number of alkyl halides is 3. The number of hydrogen-bond acceptors (Lipinski definition) is 12. The summed E-state index contributed by atoms with van der Waals surface area (Å²) in [6.45, 7) is 9.02. The van der Waals surface area contributed by atoms with Gasteiger partial charge in [-0.05, 0) is 125 Å². The zero-order valence-corrected chi connectivity index (χ0v) is 63.3. The van der Waals surface area contributed by atoms with Gasteiger partial charge < -0.3 is 60.0 Å². The molecule has 4 aliphatic heterocycles. The highest BCUT2D eigenvalue weighted by Gasteiger charge is 2.52. The fourth-order valence-electron chi connectivity index (χ4n) is 16.8. The second-order valence-electron chi connectivity index (χ2n) is 31.1. The molecule has 1 aromatic carbocycles. The molecule has 0 bridgehead atoms. The lowest BCUT2D eigenvalue weighted by molar-refractivity contribution is -0.160. The standard InChI is InChI=1S/C75H114ClF3N12O12/c1-12-47(4)62-71(101)84(7)48(5)66(96)91-40-34-56(91)69(99)86(9)58(43-50-27-18-14-19-28-50)68(98)83(6)45-60(92)80-54(33-31-51-30-32-52(53(76)41-51)75(77,78)79)67(97)90-39-24-29-55(90)65(95)82-74(35-20-21-36-74)73(103)88(11)63(46(2)3)72(102)87(10)59(70(100)89-37-22-15-23-38-89)44-61(93)85(8)57(64(94)81-62)42-49-25-16-13-17-26-49/h30,32,41,46-50,54-59,62-63H,12-29,31,33-40,42-45H2,1-11H3,(H,80,92)(H,81,94)(H,82,95)/t47-,48-,54-,55-,56-,57-,58-,59-,62-,63-/m0/s1. The molecule has 12 amide bonds. The first-order valence-electron chi connectivity index (χ1n) is 38.0. The summed E-state index contributed by atoms with van der Waals surface area (Å²) < 4.78 is 41.7. The van der Waals surface area contributed by atoms with Gasteiger partial charge in [-0.1, -0.05) is 129 Å². The van der Waals surface area contributed by atoms with Crippen molar-refractivity contribution < 1.29 is 70.7 Å². The number of fused-ring (bicyclic) bond motifs is 2. The zero-order valence-electron chi connectivity index (χ0n) is 62.6. The van der Waals surface area contributed by atoms with Crippen LogP contribution in [0.15, 0.2) is 18.2 Å². The lowest BCUT2D eigenvalue weighted by atomic mass is 9.84. The van der Waals surface area contributed by atoms with E-state index in [0.717, 1.165) is 87.7 Å². The third kappa shape index (κ3) is 19.3. The molecule has 28 heteroatoms. The monoisotopic (exact) mass is 1470 g/mol. The average Bonchev–Trinajstić information content (AvgIpc) is 1.32. The van der Waals surface area contributed by atoms with Crippen LogP contribution in [0.5, 0.6) is 0 Å². The highest BCUT2D eigenvalue weighted by atomic mass is 35.5. The van der Waals surface area contributed by atoms with Gasteiger partial charge in [-0.3, -0.25) is 57.5 Å². The van der Waals surface area contributed by atoms with Crippen molar-refractivity contribution >= 4 is 82.5 Å². The number of hydrogen-bond donors (Lipinski definition) is 3. The maximum Gasteiger partial charge on any atom is 0.417 e. The molecule has 103 heavy (non-hydrogen) atoms. The maximum atomic E-state index is 15.5. The molecule has 3 N–H and O–H groups in total. The van der Waals surface area contributed by atoms with Crippen LogP contribution in [0.3, 0.4) is 0 Å². The Bertz CT molecular complexity index is 3240. The number of likely N-dealkylation sites (N-methyl/N-ethyl adjacent to an activating group) is 6. The van der Waals surface area contributed by atoms with Crippen molar-refractivity contribution in [2.45, 2.75) is 268 Å². The van der Waals surface area contributed by atoms with Gasteiger partial charge in [0.1, 0.15) is 59.9 Å². The van der Waals surface area contributed by atoms with Crippen LogP contribution in [0.4, 0.5) is 13.2 Å². The fourth-order valence-corrected chi connectivity index (χ4v) is 17.1. The maximum absolute atomic E-state index is 15.5. The van der Waals surface area contributed by atoms with E-state index in [1.54, 1.807) is 32.6 Å². The predicted octanol–water partition coefficient (Wildman–Crippen LogP) is 6.95. The minimum Gasteiger partial charge on any atom is -0.343 e. The second kappa shape index (κ2) is 35.8. The molecular formula is C75H114ClF3N12O12. The number of benzene rings is 1. The molecule has 7 fully saturated rings. The molecule has 4 heterocycles. The van der Waals surface area contributed by atoms with E-state index in [4.69, 9.17) is 11.6 Å². The number of aryl methyl sites for hydroxylation is 1. The van der Waals surface area contributed by atoms with Crippen LogP contribution in [0.2, 0.25) is 5.02 Å². The summed E-state index contributed by atoms with van der Waals surface area (Å²) in [5.41, 5.74) is -2.35. The Balaban J connectivity index is 1.18. The number of likely N-dealkylation sites (tertiary alicyclic amines) is 1.